The minimum Gasteiger partial charge on any atom is -0.494 e. The van der Waals surface area contributed by atoms with Crippen molar-refractivity contribution in [3.8, 4) is 5.75 Å². The molecule has 0 aromatic heterocycles. The number of amides is 1. The van der Waals surface area contributed by atoms with E-state index in [0.29, 0.717) is 18.7 Å². The van der Waals surface area contributed by atoms with Gasteiger partial charge in [-0.1, -0.05) is 6.07 Å². The number of hydrogen-bond acceptors (Lipinski definition) is 4. The molecule has 4 nitrogen and oxygen atoms in total. The lowest BCUT2D eigenvalue weighted by Gasteiger charge is -2.34. The molecule has 1 aromatic carbocycles. The second-order valence-electron chi connectivity index (χ2n) is 5.10. The van der Waals surface area contributed by atoms with Gasteiger partial charge in [-0.3, -0.25) is 9.69 Å². The molecule has 0 spiro atoms. The van der Waals surface area contributed by atoms with Crippen molar-refractivity contribution in [3.05, 3.63) is 29.6 Å². The fourth-order valence-electron chi connectivity index (χ4n) is 2.48. The molecule has 6 heteroatoms. The Balaban J connectivity index is 1.86. The minimum atomic E-state index is -0.336. The van der Waals surface area contributed by atoms with Crippen LogP contribution in [0.2, 0.25) is 0 Å². The summed E-state index contributed by atoms with van der Waals surface area (Å²) in [7, 11) is 1.46. The molecular weight excluding hydrogens is 291 g/mol. The van der Waals surface area contributed by atoms with Crippen LogP contribution in [0.3, 0.4) is 0 Å². The zero-order valence-electron chi connectivity index (χ0n) is 12.2. The quantitative estimate of drug-likeness (QED) is 0.842. The minimum absolute atomic E-state index is 0.167. The van der Waals surface area contributed by atoms with Gasteiger partial charge < -0.3 is 9.64 Å². The first kappa shape index (κ1) is 16.1. The third kappa shape index (κ3) is 4.35. The summed E-state index contributed by atoms with van der Waals surface area (Å²) in [5.74, 6) is 0.683. The number of benzene rings is 1. The molecule has 0 N–H and O–H groups in total. The Kier molecular flexibility index (Phi) is 5.87. The van der Waals surface area contributed by atoms with Gasteiger partial charge in [0.2, 0.25) is 5.91 Å². The SMILES string of the molecule is COc1ccc(CN2CCN(C(=O)CCS)CC2)cc1F. The van der Waals surface area contributed by atoms with E-state index in [9.17, 15) is 9.18 Å². The van der Waals surface area contributed by atoms with Gasteiger partial charge >= 0.3 is 0 Å². The summed E-state index contributed by atoms with van der Waals surface area (Å²) in [6.07, 6.45) is 0.493. The van der Waals surface area contributed by atoms with E-state index in [1.165, 1.54) is 13.2 Å². The van der Waals surface area contributed by atoms with Gasteiger partial charge in [-0.2, -0.15) is 12.6 Å². The van der Waals surface area contributed by atoms with E-state index < -0.39 is 0 Å². The van der Waals surface area contributed by atoms with E-state index in [1.54, 1.807) is 6.07 Å². The van der Waals surface area contributed by atoms with Gasteiger partial charge in [0.25, 0.3) is 0 Å². The number of piperazine rings is 1. The fraction of sp³-hybridized carbons (Fsp3) is 0.533. The van der Waals surface area contributed by atoms with E-state index in [1.807, 2.05) is 11.0 Å². The van der Waals surface area contributed by atoms with Crippen molar-refractivity contribution in [2.24, 2.45) is 0 Å². The Morgan fingerprint density at radius 1 is 1.33 bits per heavy atom. The molecule has 1 aliphatic heterocycles. The van der Waals surface area contributed by atoms with Crippen molar-refractivity contribution in [1.29, 1.82) is 0 Å². The number of carbonyl (C=O) groups is 1. The third-order valence-electron chi connectivity index (χ3n) is 3.67. The van der Waals surface area contributed by atoms with Crippen molar-refractivity contribution >= 4 is 18.5 Å². The highest BCUT2D eigenvalue weighted by Crippen LogP contribution is 2.19. The summed E-state index contributed by atoms with van der Waals surface area (Å²) in [6.45, 7) is 3.77. The molecule has 2 rings (SSSR count). The second kappa shape index (κ2) is 7.66. The van der Waals surface area contributed by atoms with Gasteiger partial charge in [0.05, 0.1) is 7.11 Å². The molecule has 1 aromatic rings. The third-order valence-corrected chi connectivity index (χ3v) is 3.90. The molecular formula is C15H21FN2O2S. The molecule has 21 heavy (non-hydrogen) atoms. The molecule has 0 saturated carbocycles. The summed E-state index contributed by atoms with van der Waals surface area (Å²) in [5.41, 5.74) is 0.920. The number of rotatable bonds is 5. The van der Waals surface area contributed by atoms with E-state index >= 15 is 0 Å². The van der Waals surface area contributed by atoms with E-state index in [-0.39, 0.29) is 17.5 Å². The van der Waals surface area contributed by atoms with Crippen molar-refractivity contribution in [3.63, 3.8) is 0 Å². The van der Waals surface area contributed by atoms with Crippen molar-refractivity contribution < 1.29 is 13.9 Å². The number of halogens is 1. The van der Waals surface area contributed by atoms with Crippen LogP contribution in [-0.4, -0.2) is 54.7 Å². The van der Waals surface area contributed by atoms with Crippen LogP contribution in [0.4, 0.5) is 4.39 Å². The molecule has 1 aliphatic rings. The van der Waals surface area contributed by atoms with E-state index in [0.717, 1.165) is 31.7 Å². The van der Waals surface area contributed by atoms with Gasteiger partial charge in [-0.25, -0.2) is 4.39 Å². The topological polar surface area (TPSA) is 32.8 Å². The average molecular weight is 312 g/mol. The molecule has 0 aliphatic carbocycles. The number of thiol groups is 1. The molecule has 1 heterocycles. The molecule has 1 saturated heterocycles. The van der Waals surface area contributed by atoms with Crippen LogP contribution >= 0.6 is 12.6 Å². The monoisotopic (exact) mass is 312 g/mol. The highest BCUT2D eigenvalue weighted by Gasteiger charge is 2.20. The van der Waals surface area contributed by atoms with Gasteiger partial charge in [0, 0.05) is 39.1 Å². The molecule has 0 radical (unpaired) electrons. The summed E-state index contributed by atoms with van der Waals surface area (Å²) in [5, 5.41) is 0. The Morgan fingerprint density at radius 2 is 2.05 bits per heavy atom. The van der Waals surface area contributed by atoms with E-state index in [4.69, 9.17) is 4.74 Å². The van der Waals surface area contributed by atoms with Crippen LogP contribution in [0.5, 0.6) is 5.75 Å². The highest BCUT2D eigenvalue weighted by atomic mass is 32.1. The number of hydrogen-bond donors (Lipinski definition) is 1. The lowest BCUT2D eigenvalue weighted by Crippen LogP contribution is -2.48. The van der Waals surface area contributed by atoms with Gasteiger partial charge in [-0.05, 0) is 23.4 Å². The first-order chi connectivity index (χ1) is 10.1. The lowest BCUT2D eigenvalue weighted by atomic mass is 10.1. The maximum absolute atomic E-state index is 13.7. The van der Waals surface area contributed by atoms with Gasteiger partial charge in [0.15, 0.2) is 11.6 Å². The molecule has 116 valence electrons. The van der Waals surface area contributed by atoms with Gasteiger partial charge in [0.1, 0.15) is 0 Å². The predicted molar refractivity (Wildman–Crippen MR) is 83.3 cm³/mol. The number of methoxy groups -OCH3 is 1. The summed E-state index contributed by atoms with van der Waals surface area (Å²) >= 11 is 4.09. The van der Waals surface area contributed by atoms with Crippen molar-refractivity contribution in [1.82, 2.24) is 9.80 Å². The van der Waals surface area contributed by atoms with Crippen LogP contribution in [0.15, 0.2) is 18.2 Å². The van der Waals surface area contributed by atoms with Crippen LogP contribution < -0.4 is 4.74 Å². The van der Waals surface area contributed by atoms with Crippen LogP contribution in [0.1, 0.15) is 12.0 Å². The first-order valence-corrected chi connectivity index (χ1v) is 7.70. The number of ether oxygens (including phenoxy) is 1. The van der Waals surface area contributed by atoms with Gasteiger partial charge in [-0.15, -0.1) is 0 Å². The maximum Gasteiger partial charge on any atom is 0.223 e. The largest absolute Gasteiger partial charge is 0.494 e. The zero-order chi connectivity index (χ0) is 15.2. The molecule has 0 unspecified atom stereocenters. The lowest BCUT2D eigenvalue weighted by molar-refractivity contribution is -0.132. The Morgan fingerprint density at radius 3 is 2.62 bits per heavy atom. The normalized spacial score (nSPS) is 16.0. The van der Waals surface area contributed by atoms with E-state index in [2.05, 4.69) is 17.5 Å². The molecule has 1 fully saturated rings. The maximum atomic E-state index is 13.7. The summed E-state index contributed by atoms with van der Waals surface area (Å²) in [4.78, 5) is 15.9. The molecule has 1 amide bonds. The van der Waals surface area contributed by atoms with Crippen molar-refractivity contribution in [2.45, 2.75) is 13.0 Å². The smallest absolute Gasteiger partial charge is 0.223 e. The average Bonchev–Trinajstić information content (AvgIpc) is 2.48. The Labute approximate surface area is 130 Å². The molecule has 0 bridgehead atoms. The number of carbonyl (C=O) groups excluding carboxylic acids is 1. The van der Waals surface area contributed by atoms with Crippen LogP contribution in [0, 0.1) is 5.82 Å². The van der Waals surface area contributed by atoms with Crippen molar-refractivity contribution in [2.75, 3.05) is 39.0 Å². The fourth-order valence-corrected chi connectivity index (χ4v) is 2.67. The zero-order valence-corrected chi connectivity index (χ0v) is 13.1. The molecule has 0 atom stereocenters. The van der Waals surface area contributed by atoms with Crippen LogP contribution in [0.25, 0.3) is 0 Å². The summed E-state index contributed by atoms with van der Waals surface area (Å²) < 4.78 is 18.6. The number of nitrogens with zero attached hydrogens (tertiary/aromatic N) is 2. The Hall–Kier alpha value is -1.27. The Bertz CT molecular complexity index is 491. The highest BCUT2D eigenvalue weighted by molar-refractivity contribution is 7.80. The first-order valence-electron chi connectivity index (χ1n) is 7.07. The predicted octanol–water partition coefficient (Wildman–Crippen LogP) is 1.80. The summed E-state index contributed by atoms with van der Waals surface area (Å²) in [6, 6.07) is 5.04. The van der Waals surface area contributed by atoms with Crippen LogP contribution in [-0.2, 0) is 11.3 Å². The standard InChI is InChI=1S/C15H21FN2O2S/c1-20-14-3-2-12(10-13(14)16)11-17-5-7-18(8-6-17)15(19)4-9-21/h2-3,10,21H,4-9,11H2,1H3. The second-order valence-corrected chi connectivity index (χ2v) is 5.55.